The van der Waals surface area contributed by atoms with Gasteiger partial charge in [0.05, 0.1) is 18.8 Å². The number of carbonyl (C=O) groups excluding carboxylic acids is 1. The molecule has 0 radical (unpaired) electrons. The SMILES string of the molecule is C=C(CN1C[C@@H](C)NC[C@@H]1CN1CCO[C@H](C(=O)NCc2ccc(CNF)cc2)C1)N1CC(C)(C)c2[nH]c(=O)c(Cc3ccc(F)cc3)cc21. The van der Waals surface area contributed by atoms with Gasteiger partial charge in [0.1, 0.15) is 11.9 Å². The summed E-state index contributed by atoms with van der Waals surface area (Å²) < 4.78 is 31.8. The third-order valence-electron chi connectivity index (χ3n) is 10.1. The number of morpholine rings is 1. The first-order valence-corrected chi connectivity index (χ1v) is 17.5. The molecule has 268 valence electrons. The van der Waals surface area contributed by atoms with E-state index in [0.29, 0.717) is 50.8 Å². The summed E-state index contributed by atoms with van der Waals surface area (Å²) in [5.41, 5.74) is 7.36. The van der Waals surface area contributed by atoms with Gasteiger partial charge in [0.25, 0.3) is 11.5 Å². The van der Waals surface area contributed by atoms with Crippen LogP contribution in [-0.2, 0) is 34.5 Å². The van der Waals surface area contributed by atoms with Gasteiger partial charge in [-0.05, 0) is 41.8 Å². The lowest BCUT2D eigenvalue weighted by Gasteiger charge is -2.44. The lowest BCUT2D eigenvalue weighted by molar-refractivity contribution is -0.139. The van der Waals surface area contributed by atoms with Gasteiger partial charge in [-0.1, -0.05) is 56.8 Å². The predicted octanol–water partition coefficient (Wildman–Crippen LogP) is 3.37. The Kier molecular flexibility index (Phi) is 11.1. The van der Waals surface area contributed by atoms with E-state index in [1.807, 2.05) is 30.3 Å². The Morgan fingerprint density at radius 3 is 2.48 bits per heavy atom. The third kappa shape index (κ3) is 8.50. The molecule has 12 heteroatoms. The summed E-state index contributed by atoms with van der Waals surface area (Å²) >= 11 is 0. The van der Waals surface area contributed by atoms with Gasteiger partial charge in [0.15, 0.2) is 0 Å². The molecule has 3 aromatic rings. The lowest BCUT2D eigenvalue weighted by atomic mass is 9.91. The van der Waals surface area contributed by atoms with Crippen molar-refractivity contribution in [1.82, 2.24) is 31.0 Å². The Balaban J connectivity index is 1.09. The quantitative estimate of drug-likeness (QED) is 0.215. The maximum absolute atomic E-state index is 13.5. The number of hydrogen-bond acceptors (Lipinski definition) is 8. The van der Waals surface area contributed by atoms with E-state index in [-0.39, 0.29) is 35.3 Å². The van der Waals surface area contributed by atoms with Crippen molar-refractivity contribution in [3.8, 4) is 0 Å². The molecule has 3 aliphatic heterocycles. The van der Waals surface area contributed by atoms with Crippen LogP contribution in [0.1, 0.15) is 48.7 Å². The smallest absolute Gasteiger partial charge is 0.251 e. The van der Waals surface area contributed by atoms with E-state index in [2.05, 4.69) is 57.7 Å². The average molecular weight is 690 g/mol. The van der Waals surface area contributed by atoms with E-state index < -0.39 is 6.10 Å². The molecule has 0 bridgehead atoms. The molecular formula is C38H49F2N7O3. The Bertz CT molecular complexity index is 1710. The fourth-order valence-electron chi connectivity index (χ4n) is 7.29. The van der Waals surface area contributed by atoms with Gasteiger partial charge in [0, 0.05) is 93.2 Å². The molecule has 4 heterocycles. The summed E-state index contributed by atoms with van der Waals surface area (Å²) in [7, 11) is 0. The number of fused-ring (bicyclic) bond motifs is 1. The molecule has 1 aromatic heterocycles. The van der Waals surface area contributed by atoms with Gasteiger partial charge < -0.3 is 25.3 Å². The average Bonchev–Trinajstić information content (AvgIpc) is 3.36. The van der Waals surface area contributed by atoms with Crippen molar-refractivity contribution in [2.24, 2.45) is 0 Å². The maximum atomic E-state index is 13.5. The maximum Gasteiger partial charge on any atom is 0.251 e. The van der Waals surface area contributed by atoms with E-state index >= 15 is 0 Å². The molecule has 0 spiro atoms. The Morgan fingerprint density at radius 2 is 1.76 bits per heavy atom. The van der Waals surface area contributed by atoms with Crippen LogP contribution >= 0.6 is 0 Å². The first-order valence-electron chi connectivity index (χ1n) is 17.5. The van der Waals surface area contributed by atoms with E-state index in [0.717, 1.165) is 59.9 Å². The molecule has 2 fully saturated rings. The summed E-state index contributed by atoms with van der Waals surface area (Å²) in [6, 6.07) is 16.2. The number of rotatable bonds is 12. The zero-order valence-corrected chi connectivity index (χ0v) is 29.2. The Labute approximate surface area is 292 Å². The van der Waals surface area contributed by atoms with Crippen molar-refractivity contribution in [3.63, 3.8) is 0 Å². The van der Waals surface area contributed by atoms with Crippen LogP contribution in [0.25, 0.3) is 0 Å². The first kappa shape index (κ1) is 35.9. The zero-order chi connectivity index (χ0) is 35.4. The number of anilines is 1. The Morgan fingerprint density at radius 1 is 1.06 bits per heavy atom. The normalized spacial score (nSPS) is 22.3. The third-order valence-corrected chi connectivity index (χ3v) is 10.1. The molecule has 2 aromatic carbocycles. The minimum absolute atomic E-state index is 0.122. The van der Waals surface area contributed by atoms with Crippen molar-refractivity contribution in [3.05, 3.63) is 111 Å². The van der Waals surface area contributed by atoms with Crippen LogP contribution in [0.3, 0.4) is 0 Å². The predicted molar refractivity (Wildman–Crippen MR) is 191 cm³/mol. The number of piperazine rings is 1. The number of hydrogen-bond donors (Lipinski definition) is 4. The van der Waals surface area contributed by atoms with E-state index in [1.54, 1.807) is 17.7 Å². The molecule has 3 atom stereocenters. The molecule has 6 rings (SSSR count). The van der Waals surface area contributed by atoms with E-state index in [9.17, 15) is 18.5 Å². The number of benzene rings is 2. The monoisotopic (exact) mass is 689 g/mol. The van der Waals surface area contributed by atoms with Crippen LogP contribution in [0.5, 0.6) is 0 Å². The highest BCUT2D eigenvalue weighted by molar-refractivity contribution is 5.81. The molecule has 3 aliphatic rings. The minimum atomic E-state index is -0.563. The van der Waals surface area contributed by atoms with Crippen molar-refractivity contribution < 1.29 is 18.4 Å². The van der Waals surface area contributed by atoms with Gasteiger partial charge in [-0.15, -0.1) is 4.48 Å². The second-order valence-electron chi connectivity index (χ2n) is 14.6. The highest BCUT2D eigenvalue weighted by Gasteiger charge is 2.39. The van der Waals surface area contributed by atoms with Crippen molar-refractivity contribution in [2.45, 2.75) is 63.9 Å². The van der Waals surface area contributed by atoms with Crippen LogP contribution in [-0.4, -0.2) is 91.3 Å². The number of nitrogens with one attached hydrogen (secondary N) is 4. The molecule has 0 unspecified atom stereocenters. The number of aromatic nitrogens is 1. The second-order valence-corrected chi connectivity index (χ2v) is 14.6. The molecule has 1 amide bonds. The fourth-order valence-corrected chi connectivity index (χ4v) is 7.29. The number of nitrogens with zero attached hydrogens (tertiary/aromatic N) is 3. The first-order chi connectivity index (χ1) is 24.0. The van der Waals surface area contributed by atoms with Crippen LogP contribution in [0.15, 0.2) is 71.7 Å². The van der Waals surface area contributed by atoms with Crippen molar-refractivity contribution in [2.75, 3.05) is 57.3 Å². The molecule has 0 saturated carbocycles. The van der Waals surface area contributed by atoms with Gasteiger partial charge in [-0.2, -0.15) is 5.54 Å². The number of ether oxygens (including phenoxy) is 1. The molecule has 10 nitrogen and oxygen atoms in total. The van der Waals surface area contributed by atoms with E-state index in [1.165, 1.54) is 12.1 Å². The van der Waals surface area contributed by atoms with Crippen LogP contribution in [0, 0.1) is 5.82 Å². The molecule has 2 saturated heterocycles. The van der Waals surface area contributed by atoms with E-state index in [4.69, 9.17) is 4.74 Å². The number of carbonyl (C=O) groups is 1. The molecule has 4 N–H and O–H groups in total. The van der Waals surface area contributed by atoms with Crippen LogP contribution in [0.2, 0.25) is 0 Å². The summed E-state index contributed by atoms with van der Waals surface area (Å²) in [6.45, 7) is 17.1. The van der Waals surface area contributed by atoms with Crippen molar-refractivity contribution >= 4 is 11.6 Å². The number of aromatic amines is 1. The molecule has 0 aliphatic carbocycles. The number of amides is 1. The molecule has 50 heavy (non-hydrogen) atoms. The van der Waals surface area contributed by atoms with Crippen molar-refractivity contribution in [1.29, 1.82) is 0 Å². The summed E-state index contributed by atoms with van der Waals surface area (Å²) in [4.78, 5) is 36.5. The number of halogens is 2. The number of H-pyrrole nitrogens is 1. The molecular weight excluding hydrogens is 640 g/mol. The topological polar surface area (TPSA) is 105 Å². The van der Waals surface area contributed by atoms with Crippen LogP contribution < -0.4 is 26.6 Å². The van der Waals surface area contributed by atoms with Gasteiger partial charge >= 0.3 is 0 Å². The zero-order valence-electron chi connectivity index (χ0n) is 29.2. The Hall–Kier alpha value is -3.94. The summed E-state index contributed by atoms with van der Waals surface area (Å²) in [5.74, 6) is -0.443. The van der Waals surface area contributed by atoms with Gasteiger partial charge in [-0.25, -0.2) is 4.39 Å². The van der Waals surface area contributed by atoms with Gasteiger partial charge in [0.2, 0.25) is 0 Å². The highest BCUT2D eigenvalue weighted by atomic mass is 19.2. The lowest BCUT2D eigenvalue weighted by Crippen LogP contribution is -2.61. The standard InChI is InChI=1S/C38H49F2N7O3/c1-25-20-46(21-26(2)47-24-38(3,4)35-33(47)16-30(36(48)44-35)15-27-9-11-31(39)12-10-27)32(19-41-25)22-45-13-14-50-34(23-45)37(49)42-17-28-5-7-29(8-6-28)18-43-40/h5-12,16,25,32,34,41,43H,2,13-15,17-24H2,1,3-4H3,(H,42,49)(H,44,48)/t25-,32-,34+/m1/s1. The summed E-state index contributed by atoms with van der Waals surface area (Å²) in [5, 5.41) is 6.63. The second kappa shape index (κ2) is 15.5. The summed E-state index contributed by atoms with van der Waals surface area (Å²) in [6.07, 6.45) is -0.154. The largest absolute Gasteiger partial charge is 0.366 e. The van der Waals surface area contributed by atoms with Gasteiger partial charge in [-0.3, -0.25) is 19.4 Å². The number of pyridine rings is 1. The minimum Gasteiger partial charge on any atom is -0.366 e. The fraction of sp³-hybridized carbons (Fsp3) is 0.474. The highest BCUT2D eigenvalue weighted by Crippen LogP contribution is 2.41. The van der Waals surface area contributed by atoms with Crippen LogP contribution in [0.4, 0.5) is 14.6 Å².